The summed E-state index contributed by atoms with van der Waals surface area (Å²) in [5.74, 6) is -6.53. The number of fused-ring (bicyclic) bond motifs is 2. The van der Waals surface area contributed by atoms with Gasteiger partial charge in [-0.25, -0.2) is 0 Å². The SMILES string of the molecule is CC=CC=CC(O)=C1C(=O)C2(C)C(=O)C(C)(O)C1C1(O)COC(O)(CO)CC21. The maximum atomic E-state index is 13.3. The first-order chi connectivity index (χ1) is 12.9. The monoisotopic (exact) mass is 394 g/mol. The molecule has 0 radical (unpaired) electrons. The molecule has 4 rings (SSSR count). The van der Waals surface area contributed by atoms with Crippen molar-refractivity contribution in [1.82, 2.24) is 0 Å². The summed E-state index contributed by atoms with van der Waals surface area (Å²) in [6.07, 6.45) is 5.70. The highest BCUT2D eigenvalue weighted by Gasteiger charge is 2.78. The first-order valence-electron chi connectivity index (χ1n) is 9.14. The molecule has 0 aromatic carbocycles. The maximum Gasteiger partial charge on any atom is 0.189 e. The van der Waals surface area contributed by atoms with Gasteiger partial charge in [-0.15, -0.1) is 0 Å². The van der Waals surface area contributed by atoms with E-state index in [1.165, 1.54) is 26.0 Å². The molecule has 0 aromatic rings. The molecule has 6 unspecified atom stereocenters. The summed E-state index contributed by atoms with van der Waals surface area (Å²) in [6, 6.07) is 0. The number of rotatable bonds is 3. The van der Waals surface area contributed by atoms with Crippen molar-refractivity contribution in [3.8, 4) is 0 Å². The van der Waals surface area contributed by atoms with Crippen LogP contribution in [0.3, 0.4) is 0 Å². The van der Waals surface area contributed by atoms with E-state index in [0.29, 0.717) is 0 Å². The zero-order valence-electron chi connectivity index (χ0n) is 16.0. The fraction of sp³-hybridized carbons (Fsp3) is 0.600. The number of aliphatic hydroxyl groups is 5. The van der Waals surface area contributed by atoms with E-state index in [9.17, 15) is 35.1 Å². The van der Waals surface area contributed by atoms with Crippen molar-refractivity contribution in [3.05, 3.63) is 35.6 Å². The third kappa shape index (κ3) is 2.49. The Balaban J connectivity index is 2.24. The van der Waals surface area contributed by atoms with Crippen LogP contribution in [0.15, 0.2) is 35.6 Å². The Kier molecular flexibility index (Phi) is 4.72. The molecular formula is C20H26O8. The van der Waals surface area contributed by atoms with Crippen molar-refractivity contribution in [3.63, 3.8) is 0 Å². The average molecular weight is 394 g/mol. The number of hydrogen-bond acceptors (Lipinski definition) is 8. The molecule has 6 atom stereocenters. The summed E-state index contributed by atoms with van der Waals surface area (Å²) in [5.41, 5.74) is -6.19. The fourth-order valence-corrected chi connectivity index (χ4v) is 5.12. The largest absolute Gasteiger partial charge is 0.508 e. The van der Waals surface area contributed by atoms with E-state index in [2.05, 4.69) is 0 Å². The van der Waals surface area contributed by atoms with Crippen molar-refractivity contribution >= 4 is 11.6 Å². The number of ether oxygens (including phenoxy) is 1. The quantitative estimate of drug-likeness (QED) is 0.193. The minimum Gasteiger partial charge on any atom is -0.508 e. The Labute approximate surface area is 162 Å². The lowest BCUT2D eigenvalue weighted by atomic mass is 9.41. The van der Waals surface area contributed by atoms with Crippen molar-refractivity contribution in [2.45, 2.75) is 44.2 Å². The molecule has 1 heterocycles. The van der Waals surface area contributed by atoms with Gasteiger partial charge in [0.25, 0.3) is 0 Å². The van der Waals surface area contributed by atoms with Gasteiger partial charge in [0, 0.05) is 17.9 Å². The number of Topliss-reactive ketones (excluding diaryl/α,β-unsaturated/α-hetero) is 2. The summed E-state index contributed by atoms with van der Waals surface area (Å²) in [4.78, 5) is 26.3. The van der Waals surface area contributed by atoms with Crippen LogP contribution in [0.2, 0.25) is 0 Å². The van der Waals surface area contributed by atoms with Crippen LogP contribution in [0.25, 0.3) is 0 Å². The summed E-state index contributed by atoms with van der Waals surface area (Å²) < 4.78 is 5.26. The van der Waals surface area contributed by atoms with Gasteiger partial charge >= 0.3 is 0 Å². The first-order valence-corrected chi connectivity index (χ1v) is 9.14. The van der Waals surface area contributed by atoms with Crippen molar-refractivity contribution in [2.24, 2.45) is 17.3 Å². The molecule has 2 bridgehead atoms. The Morgan fingerprint density at radius 1 is 1.21 bits per heavy atom. The van der Waals surface area contributed by atoms with Gasteiger partial charge in [0.1, 0.15) is 17.0 Å². The van der Waals surface area contributed by atoms with E-state index in [4.69, 9.17) is 4.74 Å². The van der Waals surface area contributed by atoms with E-state index >= 15 is 0 Å². The molecule has 4 aliphatic rings. The highest BCUT2D eigenvalue weighted by Crippen LogP contribution is 2.63. The third-order valence-corrected chi connectivity index (χ3v) is 6.47. The fourth-order valence-electron chi connectivity index (χ4n) is 5.12. The molecule has 5 N–H and O–H groups in total. The summed E-state index contributed by atoms with van der Waals surface area (Å²) in [5, 5.41) is 52.8. The van der Waals surface area contributed by atoms with E-state index in [0.717, 1.165) is 0 Å². The van der Waals surface area contributed by atoms with Crippen LogP contribution >= 0.6 is 0 Å². The van der Waals surface area contributed by atoms with Gasteiger partial charge in [-0.05, 0) is 26.8 Å². The summed E-state index contributed by atoms with van der Waals surface area (Å²) >= 11 is 0. The van der Waals surface area contributed by atoms with Crippen LogP contribution < -0.4 is 0 Å². The second kappa shape index (κ2) is 6.33. The first kappa shape index (κ1) is 20.9. The zero-order valence-corrected chi connectivity index (χ0v) is 16.0. The molecule has 3 aliphatic carbocycles. The van der Waals surface area contributed by atoms with Crippen LogP contribution in [0.1, 0.15) is 27.2 Å². The lowest BCUT2D eigenvalue weighted by Crippen LogP contribution is -2.80. The molecule has 4 fully saturated rings. The van der Waals surface area contributed by atoms with E-state index in [1.54, 1.807) is 19.1 Å². The minimum atomic E-state index is -2.14. The number of aliphatic hydroxyl groups excluding tert-OH is 2. The second-order valence-corrected chi connectivity index (χ2v) is 8.27. The van der Waals surface area contributed by atoms with E-state index in [1.807, 2.05) is 0 Å². The van der Waals surface area contributed by atoms with Crippen molar-refractivity contribution < 1.29 is 39.9 Å². The van der Waals surface area contributed by atoms with Gasteiger partial charge in [-0.1, -0.05) is 18.2 Å². The molecule has 1 saturated heterocycles. The van der Waals surface area contributed by atoms with Gasteiger partial charge in [-0.3, -0.25) is 9.59 Å². The predicted molar refractivity (Wildman–Crippen MR) is 96.9 cm³/mol. The van der Waals surface area contributed by atoms with Crippen molar-refractivity contribution in [1.29, 1.82) is 0 Å². The van der Waals surface area contributed by atoms with Crippen LogP contribution in [0.4, 0.5) is 0 Å². The summed E-state index contributed by atoms with van der Waals surface area (Å²) in [7, 11) is 0. The van der Waals surface area contributed by atoms with Crippen molar-refractivity contribution in [2.75, 3.05) is 13.2 Å². The molecule has 8 nitrogen and oxygen atoms in total. The van der Waals surface area contributed by atoms with Gasteiger partial charge in [0.2, 0.25) is 0 Å². The van der Waals surface area contributed by atoms with Gasteiger partial charge < -0.3 is 30.3 Å². The average Bonchev–Trinajstić information content (AvgIpc) is 2.64. The molecule has 154 valence electrons. The van der Waals surface area contributed by atoms with Gasteiger partial charge in [-0.2, -0.15) is 0 Å². The Morgan fingerprint density at radius 2 is 1.86 bits per heavy atom. The van der Waals surface area contributed by atoms with E-state index in [-0.39, 0.29) is 12.0 Å². The molecule has 1 aliphatic heterocycles. The number of allylic oxidation sites excluding steroid dienone is 4. The molecule has 3 saturated carbocycles. The topological polar surface area (TPSA) is 145 Å². The Hall–Kier alpha value is -1.84. The predicted octanol–water partition coefficient (Wildman–Crippen LogP) is -0.0818. The van der Waals surface area contributed by atoms with Crippen LogP contribution in [-0.4, -0.2) is 67.3 Å². The number of carbonyl (C=O) groups excluding carboxylic acids is 2. The Bertz CT molecular complexity index is 809. The molecule has 0 spiro atoms. The highest BCUT2D eigenvalue weighted by atomic mass is 16.6. The third-order valence-electron chi connectivity index (χ3n) is 6.47. The minimum absolute atomic E-state index is 0.246. The zero-order chi connectivity index (χ0) is 21.1. The lowest BCUT2D eigenvalue weighted by Gasteiger charge is -2.65. The maximum absolute atomic E-state index is 13.3. The van der Waals surface area contributed by atoms with Gasteiger partial charge in [0.05, 0.1) is 24.5 Å². The van der Waals surface area contributed by atoms with Crippen LogP contribution in [-0.2, 0) is 14.3 Å². The molecule has 8 heteroatoms. The smallest absolute Gasteiger partial charge is 0.189 e. The van der Waals surface area contributed by atoms with Gasteiger partial charge in [0.15, 0.2) is 17.4 Å². The van der Waals surface area contributed by atoms with E-state index < -0.39 is 64.8 Å². The molecular weight excluding hydrogens is 368 g/mol. The highest BCUT2D eigenvalue weighted by molar-refractivity contribution is 6.22. The summed E-state index contributed by atoms with van der Waals surface area (Å²) in [6.45, 7) is 2.96. The van der Waals surface area contributed by atoms with Crippen LogP contribution in [0, 0.1) is 17.3 Å². The molecule has 0 amide bonds. The molecule has 28 heavy (non-hydrogen) atoms. The molecule has 0 aromatic heterocycles. The van der Waals surface area contributed by atoms with Crippen LogP contribution in [0.5, 0.6) is 0 Å². The standard InChI is InChI=1S/C20H26O8/c1-4-5-6-7-11(22)13-14-18(3,25)16(24)17(2,15(13)23)12-8-19(26,9-21)28-10-20(12,14)27/h4-7,12,14,21-22,25-27H,8-10H2,1-3H3. The number of carbonyl (C=O) groups is 2. The number of hydrogen-bond donors (Lipinski definition) is 5. The lowest BCUT2D eigenvalue weighted by molar-refractivity contribution is -0.331. The number of ketones is 2. The second-order valence-electron chi connectivity index (χ2n) is 8.27. The normalized spacial score (nSPS) is 47.8. The Morgan fingerprint density at radius 3 is 2.43 bits per heavy atom.